The van der Waals surface area contributed by atoms with E-state index in [4.69, 9.17) is 4.74 Å². The number of carbonyl (C=O) groups excluding carboxylic acids is 1. The minimum Gasteiger partial charge on any atom is -0.508 e. The van der Waals surface area contributed by atoms with Crippen LogP contribution in [0.25, 0.3) is 0 Å². The number of hydrogen-bond acceptors (Lipinski definition) is 4. The summed E-state index contributed by atoms with van der Waals surface area (Å²) in [6, 6.07) is 14.2. The van der Waals surface area contributed by atoms with Gasteiger partial charge in [0.05, 0.1) is 6.54 Å². The highest BCUT2D eigenvalue weighted by molar-refractivity contribution is 5.94. The van der Waals surface area contributed by atoms with Crippen LogP contribution in [-0.4, -0.2) is 49.8 Å². The molecule has 0 aliphatic heterocycles. The Balaban J connectivity index is 1.65. The number of nitrogens with one attached hydrogen (secondary N) is 3. The first kappa shape index (κ1) is 22.1. The van der Waals surface area contributed by atoms with Gasteiger partial charge in [0, 0.05) is 25.2 Å². The van der Waals surface area contributed by atoms with Gasteiger partial charge >= 0.3 is 0 Å². The molecule has 0 aromatic heterocycles. The van der Waals surface area contributed by atoms with Gasteiger partial charge in [0.2, 0.25) is 0 Å². The molecule has 0 heterocycles. The van der Waals surface area contributed by atoms with Gasteiger partial charge in [-0.25, -0.2) is 0 Å². The first-order valence-corrected chi connectivity index (χ1v) is 9.87. The van der Waals surface area contributed by atoms with Crippen molar-refractivity contribution in [1.82, 2.24) is 16.0 Å². The SMILES string of the molecule is CCNC(=NCCCNC(=O)c1cccc(O)c1)NCCOc1ccc(C)cc1. The summed E-state index contributed by atoms with van der Waals surface area (Å²) < 4.78 is 5.70. The van der Waals surface area contributed by atoms with Crippen LogP contribution in [0.4, 0.5) is 0 Å². The summed E-state index contributed by atoms with van der Waals surface area (Å²) in [6.07, 6.45) is 0.709. The molecule has 0 bridgehead atoms. The molecule has 0 aliphatic rings. The summed E-state index contributed by atoms with van der Waals surface area (Å²) >= 11 is 0. The monoisotopic (exact) mass is 398 g/mol. The molecule has 0 spiro atoms. The van der Waals surface area contributed by atoms with Crippen molar-refractivity contribution >= 4 is 11.9 Å². The fraction of sp³-hybridized carbons (Fsp3) is 0.364. The number of aryl methyl sites for hydroxylation is 1. The Kier molecular flexibility index (Phi) is 9.35. The predicted octanol–water partition coefficient (Wildman–Crippen LogP) is 2.45. The zero-order chi connectivity index (χ0) is 20.9. The van der Waals surface area contributed by atoms with Gasteiger partial charge in [-0.2, -0.15) is 0 Å². The maximum absolute atomic E-state index is 12.0. The first-order valence-electron chi connectivity index (χ1n) is 9.87. The highest BCUT2D eigenvalue weighted by Crippen LogP contribution is 2.11. The Labute approximate surface area is 172 Å². The molecular weight excluding hydrogens is 368 g/mol. The number of guanidine groups is 1. The number of amides is 1. The summed E-state index contributed by atoms with van der Waals surface area (Å²) in [6.45, 7) is 7.07. The molecule has 7 nitrogen and oxygen atoms in total. The highest BCUT2D eigenvalue weighted by atomic mass is 16.5. The van der Waals surface area contributed by atoms with Crippen LogP contribution in [0.3, 0.4) is 0 Å². The molecule has 0 radical (unpaired) electrons. The molecule has 2 rings (SSSR count). The van der Waals surface area contributed by atoms with Crippen LogP contribution in [0.5, 0.6) is 11.5 Å². The number of aliphatic imine (C=N–C) groups is 1. The van der Waals surface area contributed by atoms with Crippen LogP contribution >= 0.6 is 0 Å². The lowest BCUT2D eigenvalue weighted by Crippen LogP contribution is -2.39. The summed E-state index contributed by atoms with van der Waals surface area (Å²) in [5, 5.41) is 18.7. The third kappa shape index (κ3) is 8.55. The number of hydrogen-bond donors (Lipinski definition) is 4. The van der Waals surface area contributed by atoms with Crippen molar-refractivity contribution in [2.75, 3.05) is 32.8 Å². The number of phenols is 1. The Morgan fingerprint density at radius 2 is 1.86 bits per heavy atom. The molecule has 2 aromatic carbocycles. The van der Waals surface area contributed by atoms with E-state index in [1.807, 2.05) is 38.1 Å². The van der Waals surface area contributed by atoms with Gasteiger partial charge < -0.3 is 25.8 Å². The second-order valence-corrected chi connectivity index (χ2v) is 6.51. The van der Waals surface area contributed by atoms with Crippen molar-refractivity contribution in [3.63, 3.8) is 0 Å². The predicted molar refractivity (Wildman–Crippen MR) is 116 cm³/mol. The smallest absolute Gasteiger partial charge is 0.251 e. The van der Waals surface area contributed by atoms with Gasteiger partial charge in [0.1, 0.15) is 18.1 Å². The van der Waals surface area contributed by atoms with Crippen molar-refractivity contribution in [3.05, 3.63) is 59.7 Å². The maximum Gasteiger partial charge on any atom is 0.251 e. The fourth-order valence-electron chi connectivity index (χ4n) is 2.54. The number of rotatable bonds is 10. The third-order valence-electron chi connectivity index (χ3n) is 4.03. The highest BCUT2D eigenvalue weighted by Gasteiger charge is 2.05. The lowest BCUT2D eigenvalue weighted by Gasteiger charge is -2.12. The largest absolute Gasteiger partial charge is 0.508 e. The van der Waals surface area contributed by atoms with Crippen molar-refractivity contribution in [3.8, 4) is 11.5 Å². The summed E-state index contributed by atoms with van der Waals surface area (Å²) in [5.41, 5.74) is 1.65. The Bertz CT molecular complexity index is 791. The molecule has 2 aromatic rings. The van der Waals surface area contributed by atoms with Gasteiger partial charge in [-0.05, 0) is 50.6 Å². The Hall–Kier alpha value is -3.22. The van der Waals surface area contributed by atoms with Crippen LogP contribution in [0, 0.1) is 6.92 Å². The molecule has 0 unspecified atom stereocenters. The topological polar surface area (TPSA) is 95.0 Å². The minimum absolute atomic E-state index is 0.0787. The zero-order valence-corrected chi connectivity index (χ0v) is 17.1. The molecule has 1 amide bonds. The first-order chi connectivity index (χ1) is 14.1. The van der Waals surface area contributed by atoms with E-state index >= 15 is 0 Å². The molecule has 4 N–H and O–H groups in total. The molecule has 0 atom stereocenters. The summed E-state index contributed by atoms with van der Waals surface area (Å²) in [7, 11) is 0. The van der Waals surface area contributed by atoms with Crippen molar-refractivity contribution in [2.24, 2.45) is 4.99 Å². The Morgan fingerprint density at radius 3 is 2.59 bits per heavy atom. The molecule has 156 valence electrons. The Morgan fingerprint density at radius 1 is 1.07 bits per heavy atom. The van der Waals surface area contributed by atoms with E-state index in [-0.39, 0.29) is 11.7 Å². The molecule has 0 fully saturated rings. The molecule has 7 heteroatoms. The molecular formula is C22H30N4O3. The second kappa shape index (κ2) is 12.3. The number of phenolic OH excluding ortho intramolecular Hbond substituents is 1. The van der Waals surface area contributed by atoms with Crippen molar-refractivity contribution < 1.29 is 14.6 Å². The van der Waals surface area contributed by atoms with Crippen LogP contribution in [0.15, 0.2) is 53.5 Å². The van der Waals surface area contributed by atoms with Crippen LogP contribution in [0.2, 0.25) is 0 Å². The molecule has 0 saturated heterocycles. The van der Waals surface area contributed by atoms with Gasteiger partial charge in [0.25, 0.3) is 5.91 Å². The number of ether oxygens (including phenoxy) is 1. The van der Waals surface area contributed by atoms with E-state index in [9.17, 15) is 9.90 Å². The van der Waals surface area contributed by atoms with Crippen LogP contribution in [-0.2, 0) is 0 Å². The zero-order valence-electron chi connectivity index (χ0n) is 17.1. The number of benzene rings is 2. The maximum atomic E-state index is 12.0. The fourth-order valence-corrected chi connectivity index (χ4v) is 2.54. The van der Waals surface area contributed by atoms with Crippen molar-refractivity contribution in [1.29, 1.82) is 0 Å². The minimum atomic E-state index is -0.205. The number of carbonyl (C=O) groups is 1. The lowest BCUT2D eigenvalue weighted by molar-refractivity contribution is 0.0953. The van der Waals surface area contributed by atoms with Crippen LogP contribution in [0.1, 0.15) is 29.3 Å². The van der Waals surface area contributed by atoms with E-state index in [0.717, 1.165) is 18.3 Å². The van der Waals surface area contributed by atoms with E-state index < -0.39 is 0 Å². The lowest BCUT2D eigenvalue weighted by atomic mass is 10.2. The van der Waals surface area contributed by atoms with E-state index in [1.165, 1.54) is 17.7 Å². The van der Waals surface area contributed by atoms with Gasteiger partial charge in [-0.1, -0.05) is 23.8 Å². The van der Waals surface area contributed by atoms with Gasteiger partial charge in [0.15, 0.2) is 5.96 Å². The normalized spacial score (nSPS) is 11.0. The van der Waals surface area contributed by atoms with E-state index in [0.29, 0.717) is 38.2 Å². The third-order valence-corrected chi connectivity index (χ3v) is 4.03. The van der Waals surface area contributed by atoms with Gasteiger partial charge in [-0.15, -0.1) is 0 Å². The summed E-state index contributed by atoms with van der Waals surface area (Å²) in [4.78, 5) is 16.5. The standard InChI is InChI=1S/C22H30N4O3/c1-3-23-22(26-14-15-29-20-10-8-17(2)9-11-20)25-13-5-12-24-21(28)18-6-4-7-19(27)16-18/h4,6-11,16,27H,3,5,12-15H2,1-2H3,(H,24,28)(H2,23,25,26). The van der Waals surface area contributed by atoms with Crippen molar-refractivity contribution in [2.45, 2.75) is 20.3 Å². The average Bonchev–Trinajstić information content (AvgIpc) is 2.72. The van der Waals surface area contributed by atoms with Gasteiger partial charge in [-0.3, -0.25) is 9.79 Å². The molecule has 29 heavy (non-hydrogen) atoms. The molecule has 0 saturated carbocycles. The van der Waals surface area contributed by atoms with E-state index in [1.54, 1.807) is 12.1 Å². The summed E-state index contributed by atoms with van der Waals surface area (Å²) in [5.74, 6) is 1.44. The quantitative estimate of drug-likeness (QED) is 0.280. The van der Waals surface area contributed by atoms with Crippen LogP contribution < -0.4 is 20.7 Å². The second-order valence-electron chi connectivity index (χ2n) is 6.51. The average molecular weight is 399 g/mol. The number of nitrogens with zero attached hydrogens (tertiary/aromatic N) is 1. The number of aromatic hydroxyl groups is 1. The molecule has 0 aliphatic carbocycles. The van der Waals surface area contributed by atoms with E-state index in [2.05, 4.69) is 20.9 Å².